The molecular weight excluding hydrogens is 365 g/mol. The van der Waals surface area contributed by atoms with Crippen LogP contribution >= 0.6 is 0 Å². The summed E-state index contributed by atoms with van der Waals surface area (Å²) < 4.78 is 18.7. The molecule has 0 radical (unpaired) electrons. The van der Waals surface area contributed by atoms with E-state index in [1.165, 1.54) is 24.3 Å². The maximum absolute atomic E-state index is 12.9. The molecule has 1 aromatic rings. The fourth-order valence-electron chi connectivity index (χ4n) is 3.43. The van der Waals surface area contributed by atoms with Crippen LogP contribution in [0.5, 0.6) is 0 Å². The van der Waals surface area contributed by atoms with Gasteiger partial charge in [-0.3, -0.25) is 4.79 Å². The summed E-state index contributed by atoms with van der Waals surface area (Å²) in [5.41, 5.74) is 0.449. The third kappa shape index (κ3) is 5.53. The highest BCUT2D eigenvalue weighted by atomic mass is 19.1. The molecule has 1 saturated heterocycles. The van der Waals surface area contributed by atoms with Crippen LogP contribution in [0, 0.1) is 5.82 Å². The molecule has 3 N–H and O–H groups in total. The number of anilines is 1. The van der Waals surface area contributed by atoms with Gasteiger partial charge in [0.15, 0.2) is 0 Å². The molecule has 28 heavy (non-hydrogen) atoms. The van der Waals surface area contributed by atoms with Crippen molar-refractivity contribution in [3.8, 4) is 0 Å². The highest BCUT2D eigenvalue weighted by molar-refractivity contribution is 5.89. The molecule has 3 amide bonds. The second-order valence-electron chi connectivity index (χ2n) is 7.06. The van der Waals surface area contributed by atoms with Crippen LogP contribution in [0.4, 0.5) is 14.9 Å². The standard InChI is InChI=1S/C20H26FN3O4/c21-14-4-6-15(7-5-14)22-20(27)23-17-9-8-16(28-18(17)13-25)12-19(26)24-10-2-1-3-11-24/h4-9,16-18,25H,1-3,10-13H2,(H2,22,23,27)/t16-,17+,18-/m0/s1. The van der Waals surface area contributed by atoms with E-state index in [1.54, 1.807) is 12.2 Å². The van der Waals surface area contributed by atoms with Crippen molar-refractivity contribution in [3.05, 3.63) is 42.2 Å². The SMILES string of the molecule is O=C(Nc1ccc(F)cc1)N[C@@H]1C=C[C@@H](CC(=O)N2CCCCC2)O[C@H]1CO. The molecule has 0 aromatic heterocycles. The molecule has 0 saturated carbocycles. The van der Waals surface area contributed by atoms with Crippen molar-refractivity contribution >= 4 is 17.6 Å². The van der Waals surface area contributed by atoms with Gasteiger partial charge in [-0.25, -0.2) is 9.18 Å². The number of halogens is 1. The summed E-state index contributed by atoms with van der Waals surface area (Å²) in [6.07, 6.45) is 5.85. The number of likely N-dealkylation sites (tertiary alicyclic amines) is 1. The zero-order valence-electron chi connectivity index (χ0n) is 15.6. The maximum Gasteiger partial charge on any atom is 0.319 e. The van der Waals surface area contributed by atoms with Crippen molar-refractivity contribution in [2.75, 3.05) is 25.0 Å². The van der Waals surface area contributed by atoms with Crippen molar-refractivity contribution in [2.24, 2.45) is 0 Å². The number of piperidine rings is 1. The Morgan fingerprint density at radius 2 is 1.86 bits per heavy atom. The predicted octanol–water partition coefficient (Wildman–Crippen LogP) is 2.03. The molecule has 0 unspecified atom stereocenters. The molecule has 0 aliphatic carbocycles. The lowest BCUT2D eigenvalue weighted by molar-refractivity contribution is -0.136. The molecule has 3 atom stereocenters. The van der Waals surface area contributed by atoms with Crippen molar-refractivity contribution < 1.29 is 23.8 Å². The first kappa shape index (κ1) is 20.3. The Morgan fingerprint density at radius 1 is 1.14 bits per heavy atom. The Balaban J connectivity index is 1.52. The van der Waals surface area contributed by atoms with Crippen LogP contribution in [0.3, 0.4) is 0 Å². The molecule has 7 nitrogen and oxygen atoms in total. The number of hydrogen-bond acceptors (Lipinski definition) is 4. The first-order chi connectivity index (χ1) is 13.5. The largest absolute Gasteiger partial charge is 0.394 e. The summed E-state index contributed by atoms with van der Waals surface area (Å²) >= 11 is 0. The lowest BCUT2D eigenvalue weighted by Crippen LogP contribution is -2.50. The maximum atomic E-state index is 12.9. The average Bonchev–Trinajstić information content (AvgIpc) is 2.71. The summed E-state index contributed by atoms with van der Waals surface area (Å²) in [6, 6.07) is 4.37. The molecule has 1 fully saturated rings. The lowest BCUT2D eigenvalue weighted by Gasteiger charge is -2.33. The van der Waals surface area contributed by atoms with Crippen LogP contribution in [0.2, 0.25) is 0 Å². The van der Waals surface area contributed by atoms with Crippen LogP contribution in [-0.2, 0) is 9.53 Å². The minimum absolute atomic E-state index is 0.0477. The van der Waals surface area contributed by atoms with E-state index in [0.717, 1.165) is 32.4 Å². The zero-order valence-corrected chi connectivity index (χ0v) is 15.6. The van der Waals surface area contributed by atoms with Gasteiger partial charge in [0.2, 0.25) is 5.91 Å². The fourth-order valence-corrected chi connectivity index (χ4v) is 3.43. The zero-order chi connectivity index (χ0) is 19.9. The summed E-state index contributed by atoms with van der Waals surface area (Å²) in [5, 5.41) is 14.9. The van der Waals surface area contributed by atoms with Crippen LogP contribution in [0.1, 0.15) is 25.7 Å². The van der Waals surface area contributed by atoms with E-state index in [2.05, 4.69) is 10.6 Å². The number of nitrogens with zero attached hydrogens (tertiary/aromatic N) is 1. The molecule has 0 bridgehead atoms. The van der Waals surface area contributed by atoms with Crippen molar-refractivity contribution in [2.45, 2.75) is 43.9 Å². The monoisotopic (exact) mass is 391 g/mol. The van der Waals surface area contributed by atoms with Crippen molar-refractivity contribution in [1.82, 2.24) is 10.2 Å². The number of aliphatic hydroxyl groups excluding tert-OH is 1. The third-order valence-corrected chi connectivity index (χ3v) is 4.95. The van der Waals surface area contributed by atoms with E-state index in [-0.39, 0.29) is 24.8 Å². The number of hydrogen-bond donors (Lipinski definition) is 3. The van der Waals surface area contributed by atoms with Gasteiger partial charge in [0.25, 0.3) is 0 Å². The van der Waals surface area contributed by atoms with Gasteiger partial charge in [0.1, 0.15) is 11.9 Å². The minimum atomic E-state index is -0.650. The van der Waals surface area contributed by atoms with Crippen LogP contribution in [-0.4, -0.2) is 59.9 Å². The molecule has 0 spiro atoms. The molecule has 2 aliphatic heterocycles. The van der Waals surface area contributed by atoms with Gasteiger partial charge in [-0.1, -0.05) is 12.2 Å². The number of amides is 3. The smallest absolute Gasteiger partial charge is 0.319 e. The first-order valence-electron chi connectivity index (χ1n) is 9.60. The number of urea groups is 1. The molecule has 2 aliphatic rings. The first-order valence-corrected chi connectivity index (χ1v) is 9.60. The van der Waals surface area contributed by atoms with E-state index in [0.29, 0.717) is 5.69 Å². The fraction of sp³-hybridized carbons (Fsp3) is 0.500. The van der Waals surface area contributed by atoms with Gasteiger partial charge < -0.3 is 25.4 Å². The Labute approximate surface area is 163 Å². The number of nitrogens with one attached hydrogen (secondary N) is 2. The number of aliphatic hydroxyl groups is 1. The van der Waals surface area contributed by atoms with Crippen molar-refractivity contribution in [3.63, 3.8) is 0 Å². The van der Waals surface area contributed by atoms with E-state index < -0.39 is 24.3 Å². The van der Waals surface area contributed by atoms with E-state index >= 15 is 0 Å². The highest BCUT2D eigenvalue weighted by Crippen LogP contribution is 2.18. The van der Waals surface area contributed by atoms with E-state index in [9.17, 15) is 19.1 Å². The Morgan fingerprint density at radius 3 is 2.54 bits per heavy atom. The van der Waals surface area contributed by atoms with Gasteiger partial charge in [0.05, 0.1) is 25.2 Å². The van der Waals surface area contributed by atoms with Gasteiger partial charge in [-0.2, -0.15) is 0 Å². The average molecular weight is 391 g/mol. The van der Waals surface area contributed by atoms with E-state index in [1.807, 2.05) is 4.90 Å². The van der Waals surface area contributed by atoms with Crippen molar-refractivity contribution in [1.29, 1.82) is 0 Å². The van der Waals surface area contributed by atoms with Crippen LogP contribution in [0.15, 0.2) is 36.4 Å². The number of carbonyl (C=O) groups excluding carboxylic acids is 2. The Bertz CT molecular complexity index is 704. The summed E-state index contributed by atoms with van der Waals surface area (Å²) in [6.45, 7) is 1.28. The topological polar surface area (TPSA) is 90.9 Å². The number of rotatable bonds is 5. The molecule has 1 aromatic carbocycles. The quantitative estimate of drug-likeness (QED) is 0.670. The van der Waals surface area contributed by atoms with Gasteiger partial charge in [-0.05, 0) is 43.5 Å². The van der Waals surface area contributed by atoms with Crippen LogP contribution in [0.25, 0.3) is 0 Å². The highest BCUT2D eigenvalue weighted by Gasteiger charge is 2.30. The van der Waals surface area contributed by atoms with Crippen LogP contribution < -0.4 is 10.6 Å². The Hall–Kier alpha value is -2.45. The predicted molar refractivity (Wildman–Crippen MR) is 102 cm³/mol. The van der Waals surface area contributed by atoms with Gasteiger partial charge in [0, 0.05) is 18.8 Å². The number of carbonyl (C=O) groups is 2. The number of benzene rings is 1. The number of ether oxygens (including phenoxy) is 1. The third-order valence-electron chi connectivity index (χ3n) is 4.95. The summed E-state index contributed by atoms with van der Waals surface area (Å²) in [7, 11) is 0. The summed E-state index contributed by atoms with van der Waals surface area (Å²) in [4.78, 5) is 26.4. The van der Waals surface area contributed by atoms with Gasteiger partial charge in [-0.15, -0.1) is 0 Å². The Kier molecular flexibility index (Phi) is 7.00. The lowest BCUT2D eigenvalue weighted by atomic mass is 10.0. The second kappa shape index (κ2) is 9.66. The second-order valence-corrected chi connectivity index (χ2v) is 7.06. The molecule has 2 heterocycles. The van der Waals surface area contributed by atoms with Gasteiger partial charge >= 0.3 is 6.03 Å². The normalized spacial score (nSPS) is 24.6. The van der Waals surface area contributed by atoms with E-state index in [4.69, 9.17) is 4.74 Å². The molecule has 3 rings (SSSR count). The molecule has 8 heteroatoms. The molecular formula is C20H26FN3O4. The summed E-state index contributed by atoms with van der Waals surface area (Å²) in [5.74, 6) is -0.341. The minimum Gasteiger partial charge on any atom is -0.394 e. The molecule has 152 valence electrons.